The van der Waals surface area contributed by atoms with E-state index in [0.717, 1.165) is 37.3 Å². The first kappa shape index (κ1) is 21.2. The van der Waals surface area contributed by atoms with Crippen molar-refractivity contribution in [2.45, 2.75) is 19.5 Å². The van der Waals surface area contributed by atoms with Crippen LogP contribution in [0.15, 0.2) is 67.1 Å². The van der Waals surface area contributed by atoms with E-state index in [1.54, 1.807) is 40.5 Å². The highest BCUT2D eigenvalue weighted by molar-refractivity contribution is 7.22. The first-order valence-corrected chi connectivity index (χ1v) is 11.4. The van der Waals surface area contributed by atoms with Gasteiger partial charge < -0.3 is 11.1 Å². The number of nitrogens with two attached hydrogens (primary N) is 1. The monoisotopic (exact) mass is 459 g/mol. The van der Waals surface area contributed by atoms with Gasteiger partial charge in [-0.1, -0.05) is 29.5 Å². The fraction of sp³-hybridized carbons (Fsp3) is 0.167. The highest BCUT2D eigenvalue weighted by Gasteiger charge is 2.15. The lowest BCUT2D eigenvalue weighted by atomic mass is 9.95. The number of thiophene rings is 1. The van der Waals surface area contributed by atoms with Crippen LogP contribution in [0.3, 0.4) is 0 Å². The van der Waals surface area contributed by atoms with Crippen LogP contribution in [0.25, 0.3) is 31.8 Å². The molecule has 3 aromatic heterocycles. The molecule has 0 aliphatic heterocycles. The second kappa shape index (κ2) is 9.05. The Morgan fingerprint density at radius 2 is 2.03 bits per heavy atom. The van der Waals surface area contributed by atoms with Gasteiger partial charge in [-0.2, -0.15) is 0 Å². The van der Waals surface area contributed by atoms with Crippen LogP contribution < -0.4 is 11.1 Å². The number of nitrogens with zero attached hydrogens (tertiary/aromatic N) is 5. The first-order valence-electron chi connectivity index (χ1n) is 10.6. The Balaban J connectivity index is 1.47. The molecule has 0 aliphatic rings. The Hall–Kier alpha value is -3.69. The fourth-order valence-corrected chi connectivity index (χ4v) is 4.93. The van der Waals surface area contributed by atoms with Gasteiger partial charge in [-0.25, -0.2) is 14.4 Å². The molecule has 5 rings (SSSR count). The molecule has 0 saturated carbocycles. The number of rotatable bonds is 7. The van der Waals surface area contributed by atoms with Crippen molar-refractivity contribution in [3.8, 4) is 21.7 Å². The van der Waals surface area contributed by atoms with Crippen molar-refractivity contribution in [1.29, 1.82) is 0 Å². The Bertz CT molecular complexity index is 1400. The number of anilines is 1. The zero-order valence-electron chi connectivity index (χ0n) is 17.9. The molecule has 0 radical (unpaired) electrons. The van der Waals surface area contributed by atoms with Gasteiger partial charge in [-0.15, -0.1) is 16.4 Å². The molecule has 166 valence electrons. The van der Waals surface area contributed by atoms with Crippen molar-refractivity contribution in [1.82, 2.24) is 25.0 Å². The van der Waals surface area contributed by atoms with E-state index >= 15 is 0 Å². The zero-order chi connectivity index (χ0) is 22.8. The fourth-order valence-electron chi connectivity index (χ4n) is 3.78. The average Bonchev–Trinajstić information content (AvgIpc) is 3.49. The van der Waals surface area contributed by atoms with Crippen LogP contribution in [-0.2, 0) is 6.54 Å². The van der Waals surface area contributed by atoms with Crippen molar-refractivity contribution in [2.24, 2.45) is 5.73 Å². The molecule has 0 amide bonds. The minimum atomic E-state index is -0.277. The summed E-state index contributed by atoms with van der Waals surface area (Å²) in [5, 5.41) is 12.1. The third kappa shape index (κ3) is 4.46. The molecule has 0 spiro atoms. The van der Waals surface area contributed by atoms with Crippen molar-refractivity contribution in [3.05, 3.63) is 78.5 Å². The van der Waals surface area contributed by atoms with Crippen LogP contribution in [-0.4, -0.2) is 31.5 Å². The van der Waals surface area contributed by atoms with E-state index in [1.165, 1.54) is 6.07 Å². The van der Waals surface area contributed by atoms with Gasteiger partial charge in [0.25, 0.3) is 0 Å². The molecule has 33 heavy (non-hydrogen) atoms. The maximum atomic E-state index is 14.1. The first-order chi connectivity index (χ1) is 16.1. The molecule has 3 N–H and O–H groups in total. The molecule has 0 saturated heterocycles. The lowest BCUT2D eigenvalue weighted by molar-refractivity contribution is 0.607. The quantitative estimate of drug-likeness (QED) is 0.360. The van der Waals surface area contributed by atoms with Crippen LogP contribution in [0, 0.1) is 5.82 Å². The largest absolute Gasteiger partial charge is 0.352 e. The third-order valence-corrected chi connectivity index (χ3v) is 6.55. The highest BCUT2D eigenvalue weighted by atomic mass is 32.1. The maximum absolute atomic E-state index is 14.1. The summed E-state index contributed by atoms with van der Waals surface area (Å²) in [4.78, 5) is 10.0. The molecular formula is C24H22FN7S. The normalized spacial score (nSPS) is 12.2. The standard InChI is InChI=1S/C24H22FN7S/c1-15(26)18-6-5-17(25)14-20(18)19-4-2-3-16-13-22(33-23(16)19)21-7-8-27-24(30-21)28-9-11-32-12-10-29-31-32/h2-8,10,12-15H,9,11,26H2,1H3,(H,27,28,30)/t15-/m1/s1. The van der Waals surface area contributed by atoms with E-state index < -0.39 is 0 Å². The average molecular weight is 460 g/mol. The van der Waals surface area contributed by atoms with Gasteiger partial charge in [0.1, 0.15) is 5.82 Å². The lowest BCUT2D eigenvalue weighted by Gasteiger charge is -2.14. The van der Waals surface area contributed by atoms with Crippen molar-refractivity contribution < 1.29 is 4.39 Å². The van der Waals surface area contributed by atoms with E-state index in [4.69, 9.17) is 5.73 Å². The zero-order valence-corrected chi connectivity index (χ0v) is 18.8. The number of hydrogen-bond donors (Lipinski definition) is 2. The van der Waals surface area contributed by atoms with E-state index in [9.17, 15) is 4.39 Å². The van der Waals surface area contributed by atoms with Crippen LogP contribution >= 0.6 is 11.3 Å². The van der Waals surface area contributed by atoms with Crippen LogP contribution in [0.4, 0.5) is 10.3 Å². The predicted molar refractivity (Wildman–Crippen MR) is 129 cm³/mol. The Morgan fingerprint density at radius 3 is 2.85 bits per heavy atom. The molecule has 0 fully saturated rings. The van der Waals surface area contributed by atoms with E-state index in [2.05, 4.69) is 37.7 Å². The number of halogens is 1. The van der Waals surface area contributed by atoms with Crippen molar-refractivity contribution >= 4 is 27.4 Å². The van der Waals surface area contributed by atoms with Crippen LogP contribution in [0.1, 0.15) is 18.5 Å². The van der Waals surface area contributed by atoms with Gasteiger partial charge >= 0.3 is 0 Å². The van der Waals surface area contributed by atoms with Crippen molar-refractivity contribution in [3.63, 3.8) is 0 Å². The molecule has 2 aromatic carbocycles. The van der Waals surface area contributed by atoms with Crippen LogP contribution in [0.5, 0.6) is 0 Å². The smallest absolute Gasteiger partial charge is 0.223 e. The SMILES string of the molecule is C[C@@H](N)c1ccc(F)cc1-c1cccc2cc(-c3ccnc(NCCn4ccnn4)n3)sc12. The van der Waals surface area contributed by atoms with Gasteiger partial charge in [-0.3, -0.25) is 4.68 Å². The molecule has 0 aliphatic carbocycles. The summed E-state index contributed by atoms with van der Waals surface area (Å²) < 4.78 is 16.9. The van der Waals surface area contributed by atoms with Crippen molar-refractivity contribution in [2.75, 3.05) is 11.9 Å². The van der Waals surface area contributed by atoms with Gasteiger partial charge in [0, 0.05) is 29.7 Å². The molecule has 5 aromatic rings. The summed E-state index contributed by atoms with van der Waals surface area (Å²) in [6, 6.07) is 14.6. The number of benzene rings is 2. The number of fused-ring (bicyclic) bond motifs is 1. The van der Waals surface area contributed by atoms with Gasteiger partial charge in [-0.05, 0) is 53.3 Å². The van der Waals surface area contributed by atoms with E-state index in [0.29, 0.717) is 19.0 Å². The molecule has 0 unspecified atom stereocenters. The van der Waals surface area contributed by atoms with E-state index in [1.807, 2.05) is 31.3 Å². The lowest BCUT2D eigenvalue weighted by Crippen LogP contribution is -2.12. The number of nitrogens with one attached hydrogen (secondary N) is 1. The third-order valence-electron chi connectivity index (χ3n) is 5.34. The predicted octanol–water partition coefficient (Wildman–Crippen LogP) is 4.89. The van der Waals surface area contributed by atoms with Crippen LogP contribution in [0.2, 0.25) is 0 Å². The Morgan fingerprint density at radius 1 is 1.12 bits per heavy atom. The summed E-state index contributed by atoms with van der Waals surface area (Å²) in [7, 11) is 0. The molecular weight excluding hydrogens is 437 g/mol. The molecule has 7 nitrogen and oxygen atoms in total. The minimum Gasteiger partial charge on any atom is -0.352 e. The molecule has 9 heteroatoms. The summed E-state index contributed by atoms with van der Waals surface area (Å²) in [6.45, 7) is 3.20. The highest BCUT2D eigenvalue weighted by Crippen LogP contribution is 2.40. The summed E-state index contributed by atoms with van der Waals surface area (Å²) >= 11 is 1.62. The van der Waals surface area contributed by atoms with Gasteiger partial charge in [0.05, 0.1) is 23.3 Å². The van der Waals surface area contributed by atoms with E-state index in [-0.39, 0.29) is 11.9 Å². The van der Waals surface area contributed by atoms with Gasteiger partial charge in [0.2, 0.25) is 5.95 Å². The second-order valence-corrected chi connectivity index (χ2v) is 8.77. The minimum absolute atomic E-state index is 0.205. The number of hydrogen-bond acceptors (Lipinski definition) is 7. The molecule has 0 bridgehead atoms. The summed E-state index contributed by atoms with van der Waals surface area (Å²) in [5.41, 5.74) is 9.71. The Labute approximate surface area is 194 Å². The topological polar surface area (TPSA) is 94.5 Å². The molecule has 3 heterocycles. The Kier molecular flexibility index (Phi) is 5.80. The molecule has 1 atom stereocenters. The number of aromatic nitrogens is 5. The summed E-state index contributed by atoms with van der Waals surface area (Å²) in [5.74, 6) is 0.273. The maximum Gasteiger partial charge on any atom is 0.223 e. The van der Waals surface area contributed by atoms with Gasteiger partial charge in [0.15, 0.2) is 0 Å². The second-order valence-electron chi connectivity index (χ2n) is 7.71. The summed E-state index contributed by atoms with van der Waals surface area (Å²) in [6.07, 6.45) is 5.20.